The molecule has 2 aromatic heterocycles. The van der Waals surface area contributed by atoms with Gasteiger partial charge in [-0.25, -0.2) is 0 Å². The largest absolute Gasteiger partial charge is 0.389 e. The van der Waals surface area contributed by atoms with Crippen molar-refractivity contribution < 1.29 is 4.79 Å². The number of piperazine rings is 1. The number of hydrogen-bond donors (Lipinski definition) is 3. The molecule has 1 aliphatic rings. The van der Waals surface area contributed by atoms with Crippen LogP contribution in [0.5, 0.6) is 0 Å². The number of thiophene rings is 1. The third kappa shape index (κ3) is 3.39. The summed E-state index contributed by atoms with van der Waals surface area (Å²) in [7, 11) is 0. The molecule has 4 aromatic rings. The van der Waals surface area contributed by atoms with E-state index in [4.69, 9.17) is 5.73 Å². The van der Waals surface area contributed by atoms with Gasteiger partial charge in [-0.15, -0.1) is 11.3 Å². The lowest BCUT2D eigenvalue weighted by Crippen LogP contribution is -2.43. The molecule has 29 heavy (non-hydrogen) atoms. The van der Waals surface area contributed by atoms with Crippen molar-refractivity contribution >= 4 is 54.6 Å². The second-order valence-corrected chi connectivity index (χ2v) is 8.21. The van der Waals surface area contributed by atoms with Crippen LogP contribution in [0.25, 0.3) is 21.0 Å². The molecule has 0 atom stereocenters. The molecule has 7 heteroatoms. The number of benzene rings is 2. The van der Waals surface area contributed by atoms with Crippen molar-refractivity contribution in [1.29, 1.82) is 0 Å². The minimum Gasteiger partial charge on any atom is -0.389 e. The van der Waals surface area contributed by atoms with Crippen molar-refractivity contribution in [2.75, 3.05) is 42.1 Å². The number of rotatable bonds is 3. The number of nitrogens with two attached hydrogens (primary N) is 1. The first-order valence-electron chi connectivity index (χ1n) is 9.63. The Morgan fingerprint density at radius 2 is 1.97 bits per heavy atom. The number of nitrogens with zero attached hydrogens (tertiary/aromatic N) is 2. The third-order valence-electron chi connectivity index (χ3n) is 5.27. The Morgan fingerprint density at radius 3 is 2.83 bits per heavy atom. The maximum absolute atomic E-state index is 12.8. The predicted octanol–water partition coefficient (Wildman–Crippen LogP) is 3.69. The fourth-order valence-corrected chi connectivity index (χ4v) is 4.66. The van der Waals surface area contributed by atoms with Crippen LogP contribution in [-0.2, 0) is 0 Å². The summed E-state index contributed by atoms with van der Waals surface area (Å²) in [6, 6.07) is 16.0. The Kier molecular flexibility index (Phi) is 4.54. The lowest BCUT2D eigenvalue weighted by atomic mass is 10.1. The number of aromatic nitrogens is 1. The van der Waals surface area contributed by atoms with E-state index >= 15 is 0 Å². The molecule has 6 nitrogen and oxygen atoms in total. The lowest BCUT2D eigenvalue weighted by molar-refractivity contribution is 0.102. The Labute approximate surface area is 172 Å². The normalized spacial score (nSPS) is 14.4. The van der Waals surface area contributed by atoms with E-state index in [9.17, 15) is 4.79 Å². The molecule has 5 rings (SSSR count). The molecule has 1 fully saturated rings. The van der Waals surface area contributed by atoms with Gasteiger partial charge in [-0.3, -0.25) is 9.78 Å². The molecule has 0 radical (unpaired) electrons. The Hall–Kier alpha value is -3.16. The second kappa shape index (κ2) is 7.35. The smallest absolute Gasteiger partial charge is 0.257 e. The van der Waals surface area contributed by atoms with E-state index in [2.05, 4.69) is 32.7 Å². The molecule has 1 saturated heterocycles. The number of carbonyl (C=O) groups excluding carboxylic acids is 1. The maximum Gasteiger partial charge on any atom is 0.257 e. The third-order valence-corrected chi connectivity index (χ3v) is 6.27. The maximum atomic E-state index is 12.8. The molecule has 0 bridgehead atoms. The first-order chi connectivity index (χ1) is 14.2. The molecule has 2 aromatic carbocycles. The summed E-state index contributed by atoms with van der Waals surface area (Å²) in [5.41, 5.74) is 9.38. The highest BCUT2D eigenvalue weighted by Gasteiger charge is 2.15. The van der Waals surface area contributed by atoms with Crippen molar-refractivity contribution in [3.8, 4) is 0 Å². The van der Waals surface area contributed by atoms with Crippen LogP contribution in [-0.4, -0.2) is 37.1 Å². The summed E-state index contributed by atoms with van der Waals surface area (Å²) in [4.78, 5) is 19.7. The van der Waals surface area contributed by atoms with Crippen molar-refractivity contribution in [2.45, 2.75) is 0 Å². The summed E-state index contributed by atoms with van der Waals surface area (Å²) in [6.07, 6.45) is 1.63. The topological polar surface area (TPSA) is 83.3 Å². The molecule has 1 aliphatic heterocycles. The molecule has 3 heterocycles. The molecule has 0 saturated carbocycles. The van der Waals surface area contributed by atoms with Gasteiger partial charge in [0.15, 0.2) is 0 Å². The molecular formula is C22H21N5OS. The number of carbonyl (C=O) groups is 1. The predicted molar refractivity (Wildman–Crippen MR) is 121 cm³/mol. The van der Waals surface area contributed by atoms with Crippen molar-refractivity contribution in [3.05, 3.63) is 60.3 Å². The fourth-order valence-electron chi connectivity index (χ4n) is 3.73. The number of amides is 1. The van der Waals surface area contributed by atoms with E-state index in [-0.39, 0.29) is 5.91 Å². The van der Waals surface area contributed by atoms with Gasteiger partial charge in [0.2, 0.25) is 0 Å². The highest BCUT2D eigenvalue weighted by molar-refractivity contribution is 7.23. The number of anilines is 3. The van der Waals surface area contributed by atoms with Gasteiger partial charge in [-0.1, -0.05) is 24.3 Å². The first-order valence-corrected chi connectivity index (χ1v) is 10.4. The second-order valence-electron chi connectivity index (χ2n) is 7.13. The zero-order valence-electron chi connectivity index (χ0n) is 15.8. The number of fused-ring (bicyclic) bond motifs is 2. The van der Waals surface area contributed by atoms with Crippen LogP contribution in [0, 0.1) is 0 Å². The summed E-state index contributed by atoms with van der Waals surface area (Å²) >= 11 is 1.47. The van der Waals surface area contributed by atoms with Gasteiger partial charge in [0.25, 0.3) is 5.91 Å². The SMILES string of the molecule is Nc1sc2ccccc2c1NC(=O)c1cnc2cc(N3CCNCC3)ccc2c1. The van der Waals surface area contributed by atoms with E-state index in [1.807, 2.05) is 36.4 Å². The van der Waals surface area contributed by atoms with Crippen LogP contribution in [0.3, 0.4) is 0 Å². The van der Waals surface area contributed by atoms with Crippen molar-refractivity contribution in [3.63, 3.8) is 0 Å². The van der Waals surface area contributed by atoms with Gasteiger partial charge in [-0.05, 0) is 24.3 Å². The fraction of sp³-hybridized carbons (Fsp3) is 0.182. The highest BCUT2D eigenvalue weighted by atomic mass is 32.1. The van der Waals surface area contributed by atoms with Crippen LogP contribution in [0.15, 0.2) is 54.7 Å². The molecule has 4 N–H and O–H groups in total. The van der Waals surface area contributed by atoms with Gasteiger partial charge >= 0.3 is 0 Å². The summed E-state index contributed by atoms with van der Waals surface area (Å²) in [5.74, 6) is -0.208. The quantitative estimate of drug-likeness (QED) is 0.486. The van der Waals surface area contributed by atoms with E-state index in [1.54, 1.807) is 6.20 Å². The van der Waals surface area contributed by atoms with Crippen LogP contribution < -0.4 is 21.3 Å². The van der Waals surface area contributed by atoms with Gasteiger partial charge in [0.1, 0.15) is 5.00 Å². The summed E-state index contributed by atoms with van der Waals surface area (Å²) in [5, 5.41) is 8.84. The number of hydrogen-bond acceptors (Lipinski definition) is 6. The monoisotopic (exact) mass is 403 g/mol. The minimum atomic E-state index is -0.208. The zero-order chi connectivity index (χ0) is 19.8. The summed E-state index contributed by atoms with van der Waals surface area (Å²) in [6.45, 7) is 3.96. The van der Waals surface area contributed by atoms with Crippen molar-refractivity contribution in [1.82, 2.24) is 10.3 Å². The van der Waals surface area contributed by atoms with E-state index in [0.29, 0.717) is 16.3 Å². The first kappa shape index (κ1) is 17.9. The van der Waals surface area contributed by atoms with Crippen LogP contribution >= 0.6 is 11.3 Å². The molecule has 1 amide bonds. The van der Waals surface area contributed by atoms with Crippen molar-refractivity contribution in [2.24, 2.45) is 0 Å². The van der Waals surface area contributed by atoms with E-state index in [0.717, 1.165) is 47.2 Å². The van der Waals surface area contributed by atoms with Gasteiger partial charge in [-0.2, -0.15) is 0 Å². The van der Waals surface area contributed by atoms with Gasteiger partial charge in [0, 0.05) is 53.5 Å². The van der Waals surface area contributed by atoms with Crippen LogP contribution in [0.2, 0.25) is 0 Å². The average Bonchev–Trinajstić information content (AvgIpc) is 3.08. The minimum absolute atomic E-state index is 0.208. The number of pyridine rings is 1. The van der Waals surface area contributed by atoms with Gasteiger partial charge in [0.05, 0.1) is 16.8 Å². The highest BCUT2D eigenvalue weighted by Crippen LogP contribution is 2.38. The average molecular weight is 404 g/mol. The number of nitrogen functional groups attached to an aromatic ring is 1. The van der Waals surface area contributed by atoms with E-state index in [1.165, 1.54) is 17.0 Å². The molecule has 146 valence electrons. The lowest BCUT2D eigenvalue weighted by Gasteiger charge is -2.29. The molecule has 0 spiro atoms. The zero-order valence-corrected chi connectivity index (χ0v) is 16.6. The number of nitrogens with one attached hydrogen (secondary N) is 2. The Morgan fingerprint density at radius 1 is 1.14 bits per heavy atom. The molecule has 0 aliphatic carbocycles. The summed E-state index contributed by atoms with van der Waals surface area (Å²) < 4.78 is 1.05. The Balaban J connectivity index is 1.42. The Bertz CT molecular complexity index is 1210. The van der Waals surface area contributed by atoms with E-state index < -0.39 is 0 Å². The van der Waals surface area contributed by atoms with Crippen LogP contribution in [0.1, 0.15) is 10.4 Å². The van der Waals surface area contributed by atoms with Crippen LogP contribution in [0.4, 0.5) is 16.4 Å². The standard InChI is InChI=1S/C22H21N5OS/c23-21-20(17-3-1-2-4-19(17)29-21)26-22(28)15-11-14-5-6-16(12-18(14)25-13-15)27-9-7-24-8-10-27/h1-6,11-13,24H,7-10,23H2,(H,26,28). The molecule has 0 unspecified atom stereocenters. The van der Waals surface area contributed by atoms with Gasteiger partial charge < -0.3 is 21.3 Å². The molecular weight excluding hydrogens is 382 g/mol.